The average Bonchev–Trinajstić information content (AvgIpc) is 2.88. The lowest BCUT2D eigenvalue weighted by atomic mass is 9.90. The first-order valence-corrected chi connectivity index (χ1v) is 11.8. The van der Waals surface area contributed by atoms with E-state index < -0.39 is 12.0 Å². The summed E-state index contributed by atoms with van der Waals surface area (Å²) in [6, 6.07) is 14.3. The van der Waals surface area contributed by atoms with Gasteiger partial charge in [0.15, 0.2) is 0 Å². The predicted octanol–water partition coefficient (Wildman–Crippen LogP) is 2.10. The number of piperidine rings is 1. The third-order valence-corrected chi connectivity index (χ3v) is 6.37. The summed E-state index contributed by atoms with van der Waals surface area (Å²) in [5, 5.41) is 15.5. The molecule has 2 heterocycles. The third-order valence-electron chi connectivity index (χ3n) is 6.37. The SMILES string of the molecule is O=C(NC(C(=O)O)C1CCNCC1)c1ccc(C#Cc2ccc(CN3CCOCC3)cc2)cc1. The zero-order valence-electron chi connectivity index (χ0n) is 19.3. The lowest BCUT2D eigenvalue weighted by molar-refractivity contribution is -0.141. The highest BCUT2D eigenvalue weighted by Gasteiger charge is 2.30. The second-order valence-electron chi connectivity index (χ2n) is 8.79. The van der Waals surface area contributed by atoms with E-state index in [9.17, 15) is 14.7 Å². The first-order valence-electron chi connectivity index (χ1n) is 11.8. The van der Waals surface area contributed by atoms with Crippen LogP contribution in [-0.4, -0.2) is 67.3 Å². The molecule has 2 saturated heterocycles. The maximum atomic E-state index is 12.6. The molecular weight excluding hydrogens is 430 g/mol. The van der Waals surface area contributed by atoms with E-state index in [0.717, 1.165) is 69.9 Å². The van der Waals surface area contributed by atoms with Gasteiger partial charge < -0.3 is 20.5 Å². The lowest BCUT2D eigenvalue weighted by Gasteiger charge is -2.28. The number of morpholine rings is 1. The predicted molar refractivity (Wildman–Crippen MR) is 129 cm³/mol. The summed E-state index contributed by atoms with van der Waals surface area (Å²) in [7, 11) is 0. The van der Waals surface area contributed by atoms with Gasteiger partial charge in [0.2, 0.25) is 0 Å². The second kappa shape index (κ2) is 11.8. The Balaban J connectivity index is 1.33. The molecule has 4 rings (SSSR count). The van der Waals surface area contributed by atoms with E-state index in [0.29, 0.717) is 5.56 Å². The zero-order chi connectivity index (χ0) is 23.8. The van der Waals surface area contributed by atoms with Crippen LogP contribution in [0.25, 0.3) is 0 Å². The Morgan fingerprint density at radius 2 is 1.59 bits per heavy atom. The summed E-state index contributed by atoms with van der Waals surface area (Å²) >= 11 is 0. The van der Waals surface area contributed by atoms with Crippen molar-refractivity contribution in [1.29, 1.82) is 0 Å². The maximum Gasteiger partial charge on any atom is 0.326 e. The molecule has 0 saturated carbocycles. The molecule has 7 heteroatoms. The van der Waals surface area contributed by atoms with Crippen molar-refractivity contribution >= 4 is 11.9 Å². The Labute approximate surface area is 200 Å². The van der Waals surface area contributed by atoms with E-state index >= 15 is 0 Å². The minimum Gasteiger partial charge on any atom is -0.480 e. The van der Waals surface area contributed by atoms with E-state index in [4.69, 9.17) is 4.74 Å². The zero-order valence-corrected chi connectivity index (χ0v) is 19.3. The van der Waals surface area contributed by atoms with E-state index in [-0.39, 0.29) is 11.8 Å². The first-order chi connectivity index (χ1) is 16.6. The number of amides is 1. The number of hydrogen-bond donors (Lipinski definition) is 3. The molecule has 0 aromatic heterocycles. The fourth-order valence-electron chi connectivity index (χ4n) is 4.34. The Bertz CT molecular complexity index is 1030. The number of hydrogen-bond acceptors (Lipinski definition) is 5. The summed E-state index contributed by atoms with van der Waals surface area (Å²) in [4.78, 5) is 26.7. The van der Waals surface area contributed by atoms with Gasteiger partial charge in [-0.3, -0.25) is 9.69 Å². The van der Waals surface area contributed by atoms with Crippen LogP contribution in [0.15, 0.2) is 48.5 Å². The van der Waals surface area contributed by atoms with Crippen LogP contribution in [-0.2, 0) is 16.1 Å². The normalized spacial score (nSPS) is 17.9. The highest BCUT2D eigenvalue weighted by atomic mass is 16.5. The minimum atomic E-state index is -0.987. The molecule has 2 aromatic rings. The van der Waals surface area contributed by atoms with Crippen molar-refractivity contribution in [2.45, 2.75) is 25.4 Å². The van der Waals surface area contributed by atoms with Gasteiger partial charge in [-0.05, 0) is 73.8 Å². The molecular formula is C27H31N3O4. The highest BCUT2D eigenvalue weighted by Crippen LogP contribution is 2.17. The van der Waals surface area contributed by atoms with Crippen molar-refractivity contribution < 1.29 is 19.4 Å². The van der Waals surface area contributed by atoms with Gasteiger partial charge in [-0.2, -0.15) is 0 Å². The summed E-state index contributed by atoms with van der Waals surface area (Å²) < 4.78 is 5.39. The highest BCUT2D eigenvalue weighted by molar-refractivity contribution is 5.96. The Morgan fingerprint density at radius 3 is 2.18 bits per heavy atom. The molecule has 0 radical (unpaired) electrons. The summed E-state index contributed by atoms with van der Waals surface area (Å²) in [5.74, 6) is 4.87. The fraction of sp³-hybridized carbons (Fsp3) is 0.407. The van der Waals surface area contributed by atoms with Crippen molar-refractivity contribution in [1.82, 2.24) is 15.5 Å². The average molecular weight is 462 g/mol. The molecule has 0 bridgehead atoms. The molecule has 0 spiro atoms. The molecule has 3 N–H and O–H groups in total. The van der Waals surface area contributed by atoms with Crippen LogP contribution < -0.4 is 10.6 Å². The van der Waals surface area contributed by atoms with Crippen LogP contribution in [0.4, 0.5) is 0 Å². The van der Waals surface area contributed by atoms with Gasteiger partial charge in [-0.25, -0.2) is 4.79 Å². The number of carboxylic acid groups (broad SMARTS) is 1. The molecule has 2 aliphatic heterocycles. The van der Waals surface area contributed by atoms with Crippen molar-refractivity contribution in [3.63, 3.8) is 0 Å². The first kappa shape index (κ1) is 24.0. The van der Waals surface area contributed by atoms with Gasteiger partial charge in [0.05, 0.1) is 13.2 Å². The number of nitrogens with one attached hydrogen (secondary N) is 2. The van der Waals surface area contributed by atoms with E-state index in [2.05, 4.69) is 39.5 Å². The Hall–Kier alpha value is -3.18. The Kier molecular flexibility index (Phi) is 8.31. The molecule has 1 amide bonds. The van der Waals surface area contributed by atoms with Crippen LogP contribution in [0.1, 0.15) is 39.9 Å². The molecule has 178 valence electrons. The van der Waals surface area contributed by atoms with E-state index in [1.807, 2.05) is 12.1 Å². The number of benzene rings is 2. The van der Waals surface area contributed by atoms with Gasteiger partial charge in [0, 0.05) is 36.3 Å². The Morgan fingerprint density at radius 1 is 1.00 bits per heavy atom. The number of nitrogens with zero attached hydrogens (tertiary/aromatic N) is 1. The number of aliphatic carboxylic acids is 1. The standard InChI is InChI=1S/C27H31N3O4/c31-26(29-25(27(32)33)23-11-13-28-14-12-23)24-9-7-21(8-10-24)2-1-20-3-5-22(6-4-20)19-30-15-17-34-18-16-30/h3-10,23,25,28H,11-19H2,(H,29,31)(H,32,33). The van der Waals surface area contributed by atoms with Crippen molar-refractivity contribution in [2.75, 3.05) is 39.4 Å². The van der Waals surface area contributed by atoms with Gasteiger partial charge >= 0.3 is 5.97 Å². The molecule has 0 aliphatic carbocycles. The van der Waals surface area contributed by atoms with Gasteiger partial charge in [-0.15, -0.1) is 0 Å². The topological polar surface area (TPSA) is 90.9 Å². The lowest BCUT2D eigenvalue weighted by Crippen LogP contribution is -2.48. The molecule has 7 nitrogen and oxygen atoms in total. The molecule has 2 aliphatic rings. The quantitative estimate of drug-likeness (QED) is 0.571. The fourth-order valence-corrected chi connectivity index (χ4v) is 4.34. The van der Waals surface area contributed by atoms with E-state index in [1.165, 1.54) is 5.56 Å². The third kappa shape index (κ3) is 6.67. The van der Waals surface area contributed by atoms with Crippen LogP contribution in [0.5, 0.6) is 0 Å². The summed E-state index contributed by atoms with van der Waals surface area (Å²) in [6.45, 7) is 5.98. The van der Waals surface area contributed by atoms with Crippen molar-refractivity contribution in [3.8, 4) is 11.8 Å². The van der Waals surface area contributed by atoms with Gasteiger partial charge in [0.1, 0.15) is 6.04 Å². The van der Waals surface area contributed by atoms with E-state index in [1.54, 1.807) is 24.3 Å². The molecule has 34 heavy (non-hydrogen) atoms. The van der Waals surface area contributed by atoms with Gasteiger partial charge in [0.25, 0.3) is 5.91 Å². The van der Waals surface area contributed by atoms with Crippen LogP contribution in [0, 0.1) is 17.8 Å². The number of ether oxygens (including phenoxy) is 1. The maximum absolute atomic E-state index is 12.6. The van der Waals surface area contributed by atoms with Crippen LogP contribution in [0.3, 0.4) is 0 Å². The molecule has 2 fully saturated rings. The second-order valence-corrected chi connectivity index (χ2v) is 8.79. The minimum absolute atomic E-state index is 0.0619. The van der Waals surface area contributed by atoms with Crippen LogP contribution >= 0.6 is 0 Å². The number of carboxylic acids is 1. The smallest absolute Gasteiger partial charge is 0.326 e. The molecule has 1 atom stereocenters. The van der Waals surface area contributed by atoms with Crippen molar-refractivity contribution in [3.05, 3.63) is 70.8 Å². The summed E-state index contributed by atoms with van der Waals surface area (Å²) in [5.41, 5.74) is 3.41. The number of carbonyl (C=O) groups is 2. The van der Waals surface area contributed by atoms with Gasteiger partial charge in [-0.1, -0.05) is 24.0 Å². The number of rotatable bonds is 6. The van der Waals surface area contributed by atoms with Crippen LogP contribution in [0.2, 0.25) is 0 Å². The summed E-state index contributed by atoms with van der Waals surface area (Å²) in [6.07, 6.45) is 1.47. The molecule has 2 aromatic carbocycles. The monoisotopic (exact) mass is 461 g/mol. The number of carbonyl (C=O) groups excluding carboxylic acids is 1. The van der Waals surface area contributed by atoms with Crippen molar-refractivity contribution in [2.24, 2.45) is 5.92 Å². The molecule has 1 unspecified atom stereocenters. The largest absolute Gasteiger partial charge is 0.480 e.